The molecule has 0 aliphatic heterocycles. The molecule has 0 saturated heterocycles. The van der Waals surface area contributed by atoms with E-state index in [0.29, 0.717) is 32.9 Å². The van der Waals surface area contributed by atoms with Gasteiger partial charge in [-0.2, -0.15) is 5.26 Å². The summed E-state index contributed by atoms with van der Waals surface area (Å²) in [5.74, 6) is -0.0816. The molecule has 0 bridgehead atoms. The molecule has 0 amide bonds. The van der Waals surface area contributed by atoms with Gasteiger partial charge >= 0.3 is 0 Å². The zero-order chi connectivity index (χ0) is 17.3. The van der Waals surface area contributed by atoms with Crippen LogP contribution in [0, 0.1) is 24.1 Å². The molecule has 120 valence electrons. The fourth-order valence-electron chi connectivity index (χ4n) is 2.39. The second kappa shape index (κ2) is 6.46. The van der Waals surface area contributed by atoms with Crippen LogP contribution in [-0.4, -0.2) is 9.55 Å². The molecule has 2 aromatic carbocycles. The number of hydrogen-bond acceptors (Lipinski definition) is 4. The zero-order valence-electron chi connectivity index (χ0n) is 13.2. The lowest BCUT2D eigenvalue weighted by molar-refractivity contribution is 0.617. The number of rotatable bonds is 3. The van der Waals surface area contributed by atoms with Crippen LogP contribution in [0.4, 0.5) is 4.39 Å². The number of thioether (sulfide) groups is 1. The summed E-state index contributed by atoms with van der Waals surface area (Å²) in [6.45, 7) is 1.92. The minimum atomic E-state index is -0.372. The van der Waals surface area contributed by atoms with Crippen LogP contribution >= 0.6 is 11.8 Å². The van der Waals surface area contributed by atoms with Crippen LogP contribution < -0.4 is 5.56 Å². The highest BCUT2D eigenvalue weighted by atomic mass is 32.2. The van der Waals surface area contributed by atoms with Gasteiger partial charge < -0.3 is 0 Å². The van der Waals surface area contributed by atoms with E-state index in [4.69, 9.17) is 5.26 Å². The van der Waals surface area contributed by atoms with Crippen molar-refractivity contribution in [2.24, 2.45) is 7.05 Å². The third-order valence-electron chi connectivity index (χ3n) is 3.72. The van der Waals surface area contributed by atoms with Crippen LogP contribution in [0.15, 0.2) is 46.3 Å². The lowest BCUT2D eigenvalue weighted by Crippen LogP contribution is -2.20. The number of aryl methyl sites for hydroxylation is 1. The molecule has 0 radical (unpaired) electrons. The van der Waals surface area contributed by atoms with Gasteiger partial charge in [0.2, 0.25) is 0 Å². The highest BCUT2D eigenvalue weighted by Crippen LogP contribution is 2.24. The molecule has 0 aliphatic rings. The van der Waals surface area contributed by atoms with Gasteiger partial charge in [-0.15, -0.1) is 0 Å². The summed E-state index contributed by atoms with van der Waals surface area (Å²) in [6, 6.07) is 11.8. The zero-order valence-corrected chi connectivity index (χ0v) is 14.0. The molecule has 0 aliphatic carbocycles. The van der Waals surface area contributed by atoms with Crippen molar-refractivity contribution in [1.29, 1.82) is 5.26 Å². The van der Waals surface area contributed by atoms with E-state index in [2.05, 4.69) is 4.98 Å². The molecule has 3 aromatic rings. The average Bonchev–Trinajstić information content (AvgIpc) is 2.58. The summed E-state index contributed by atoms with van der Waals surface area (Å²) < 4.78 is 15.3. The van der Waals surface area contributed by atoms with E-state index < -0.39 is 0 Å². The van der Waals surface area contributed by atoms with Gasteiger partial charge in [-0.05, 0) is 42.8 Å². The van der Waals surface area contributed by atoms with Gasteiger partial charge in [-0.25, -0.2) is 9.37 Å². The van der Waals surface area contributed by atoms with Crippen molar-refractivity contribution in [3.63, 3.8) is 0 Å². The molecule has 0 N–H and O–H groups in total. The monoisotopic (exact) mass is 339 g/mol. The minimum absolute atomic E-state index is 0.127. The second-order valence-corrected chi connectivity index (χ2v) is 6.43. The second-order valence-electron chi connectivity index (χ2n) is 5.49. The highest BCUT2D eigenvalue weighted by Gasteiger charge is 2.11. The summed E-state index contributed by atoms with van der Waals surface area (Å²) in [4.78, 5) is 17.0. The van der Waals surface area contributed by atoms with Crippen LogP contribution in [0.25, 0.3) is 10.9 Å². The smallest absolute Gasteiger partial charge is 0.261 e. The fourth-order valence-corrected chi connectivity index (χ4v) is 3.34. The standard InChI is InChI=1S/C18H14FN3OS/c1-11-3-6-16-14(7-11)17(23)22(2)18(21-16)24-10-13-8-12(9-20)4-5-15(13)19/h3-8H,10H2,1-2H3. The number of fused-ring (bicyclic) bond motifs is 1. The summed E-state index contributed by atoms with van der Waals surface area (Å²) >= 11 is 1.27. The number of aromatic nitrogens is 2. The minimum Gasteiger partial charge on any atom is -0.290 e. The Hall–Kier alpha value is -2.65. The van der Waals surface area contributed by atoms with Crippen LogP contribution in [-0.2, 0) is 12.8 Å². The molecular weight excluding hydrogens is 325 g/mol. The van der Waals surface area contributed by atoms with E-state index in [1.807, 2.05) is 31.2 Å². The molecule has 24 heavy (non-hydrogen) atoms. The lowest BCUT2D eigenvalue weighted by atomic mass is 10.1. The lowest BCUT2D eigenvalue weighted by Gasteiger charge is -2.09. The van der Waals surface area contributed by atoms with Crippen LogP contribution in [0.2, 0.25) is 0 Å². The molecule has 0 fully saturated rings. The average molecular weight is 339 g/mol. The van der Waals surface area contributed by atoms with Crippen molar-refractivity contribution < 1.29 is 4.39 Å². The Morgan fingerprint density at radius 1 is 1.29 bits per heavy atom. The number of halogens is 1. The van der Waals surface area contributed by atoms with Gasteiger partial charge in [0.05, 0.1) is 22.5 Å². The topological polar surface area (TPSA) is 58.7 Å². The molecule has 0 saturated carbocycles. The SMILES string of the molecule is Cc1ccc2nc(SCc3cc(C#N)ccc3F)n(C)c(=O)c2c1. The first-order valence-electron chi connectivity index (χ1n) is 7.28. The summed E-state index contributed by atoms with van der Waals surface area (Å²) in [5.41, 5.74) is 2.31. The third kappa shape index (κ3) is 3.03. The normalized spacial score (nSPS) is 10.8. The maximum Gasteiger partial charge on any atom is 0.261 e. The van der Waals surface area contributed by atoms with E-state index in [-0.39, 0.29) is 11.4 Å². The Kier molecular flexibility index (Phi) is 4.36. The molecule has 0 atom stereocenters. The van der Waals surface area contributed by atoms with E-state index in [0.717, 1.165) is 5.56 Å². The molecule has 1 heterocycles. The molecule has 1 aromatic heterocycles. The maximum atomic E-state index is 13.9. The number of hydrogen-bond donors (Lipinski definition) is 0. The molecule has 3 rings (SSSR count). The van der Waals surface area contributed by atoms with Gasteiger partial charge in [0.25, 0.3) is 5.56 Å². The van der Waals surface area contributed by atoms with E-state index in [9.17, 15) is 9.18 Å². The van der Waals surface area contributed by atoms with E-state index >= 15 is 0 Å². The Labute approximate surface area is 142 Å². The maximum absolute atomic E-state index is 13.9. The van der Waals surface area contributed by atoms with Crippen molar-refractivity contribution in [2.45, 2.75) is 17.8 Å². The third-order valence-corrected chi connectivity index (χ3v) is 4.80. The summed E-state index contributed by atoms with van der Waals surface area (Å²) in [6.07, 6.45) is 0. The van der Waals surface area contributed by atoms with E-state index in [1.54, 1.807) is 7.05 Å². The Bertz CT molecular complexity index is 1040. The molecule has 0 unspecified atom stereocenters. The first kappa shape index (κ1) is 16.2. The Morgan fingerprint density at radius 2 is 2.08 bits per heavy atom. The van der Waals surface area contributed by atoms with Crippen molar-refractivity contribution in [3.8, 4) is 6.07 Å². The molecule has 4 nitrogen and oxygen atoms in total. The van der Waals surface area contributed by atoms with Crippen LogP contribution in [0.5, 0.6) is 0 Å². The predicted molar refractivity (Wildman–Crippen MR) is 92.4 cm³/mol. The number of nitrogens with zero attached hydrogens (tertiary/aromatic N) is 3. The van der Waals surface area contributed by atoms with E-state index in [1.165, 1.54) is 34.5 Å². The van der Waals surface area contributed by atoms with Crippen LogP contribution in [0.1, 0.15) is 16.7 Å². The van der Waals surface area contributed by atoms with Crippen molar-refractivity contribution in [3.05, 3.63) is 69.3 Å². The van der Waals surface area contributed by atoms with Crippen molar-refractivity contribution in [2.75, 3.05) is 0 Å². The van der Waals surface area contributed by atoms with Crippen molar-refractivity contribution in [1.82, 2.24) is 9.55 Å². The number of benzene rings is 2. The summed E-state index contributed by atoms with van der Waals surface area (Å²) in [7, 11) is 1.65. The summed E-state index contributed by atoms with van der Waals surface area (Å²) in [5, 5.41) is 10.0. The quantitative estimate of drug-likeness (QED) is 0.541. The Morgan fingerprint density at radius 3 is 2.83 bits per heavy atom. The van der Waals surface area contributed by atoms with Crippen molar-refractivity contribution >= 4 is 22.7 Å². The predicted octanol–water partition coefficient (Wildman–Crippen LogP) is 3.55. The first-order valence-corrected chi connectivity index (χ1v) is 8.27. The van der Waals surface area contributed by atoms with Gasteiger partial charge in [-0.1, -0.05) is 23.4 Å². The molecule has 6 heteroatoms. The van der Waals surface area contributed by atoms with Gasteiger partial charge in [0, 0.05) is 12.8 Å². The highest BCUT2D eigenvalue weighted by molar-refractivity contribution is 7.98. The Balaban J connectivity index is 1.97. The van der Waals surface area contributed by atoms with Gasteiger partial charge in [0.15, 0.2) is 5.16 Å². The molecule has 0 spiro atoms. The largest absolute Gasteiger partial charge is 0.290 e. The first-order chi connectivity index (χ1) is 11.5. The molecular formula is C18H14FN3OS. The number of nitriles is 1. The van der Waals surface area contributed by atoms with Gasteiger partial charge in [-0.3, -0.25) is 9.36 Å². The fraction of sp³-hybridized carbons (Fsp3) is 0.167. The van der Waals surface area contributed by atoms with Crippen LogP contribution in [0.3, 0.4) is 0 Å². The van der Waals surface area contributed by atoms with Gasteiger partial charge in [0.1, 0.15) is 5.82 Å².